The number of alkyl halides is 3. The Labute approximate surface area is 126 Å². The van der Waals surface area contributed by atoms with E-state index in [0.29, 0.717) is 0 Å². The lowest BCUT2D eigenvalue weighted by Gasteiger charge is -2.10. The van der Waals surface area contributed by atoms with Gasteiger partial charge in [0, 0.05) is 11.1 Å². The second-order valence-corrected chi connectivity index (χ2v) is 4.57. The molecule has 0 aliphatic rings. The minimum Gasteiger partial charge on any atom is -0.481 e. The largest absolute Gasteiger partial charge is 0.573 e. The number of rotatable bonds is 4. The first-order valence-electron chi connectivity index (χ1n) is 6.21. The maximum absolute atomic E-state index is 14.0. The molecule has 0 fully saturated rings. The first-order valence-corrected chi connectivity index (χ1v) is 6.21. The van der Waals surface area contributed by atoms with Crippen molar-refractivity contribution in [1.82, 2.24) is 0 Å². The van der Waals surface area contributed by atoms with Crippen LogP contribution in [0.4, 0.5) is 22.0 Å². The van der Waals surface area contributed by atoms with Crippen LogP contribution in [0, 0.1) is 11.6 Å². The summed E-state index contributed by atoms with van der Waals surface area (Å²) in [6, 6.07) is 5.74. The fraction of sp³-hybridized carbons (Fsp3) is 0.133. The lowest BCUT2D eigenvalue weighted by molar-refractivity contribution is -0.274. The maximum Gasteiger partial charge on any atom is 0.573 e. The van der Waals surface area contributed by atoms with Gasteiger partial charge in [-0.1, -0.05) is 12.1 Å². The monoisotopic (exact) mass is 332 g/mol. The Morgan fingerprint density at radius 3 is 2.17 bits per heavy atom. The van der Waals surface area contributed by atoms with Gasteiger partial charge in [-0.3, -0.25) is 4.79 Å². The highest BCUT2D eigenvalue weighted by molar-refractivity contribution is 5.71. The van der Waals surface area contributed by atoms with Crippen LogP contribution in [0.5, 0.6) is 5.75 Å². The Balaban J connectivity index is 2.31. The van der Waals surface area contributed by atoms with Gasteiger partial charge in [-0.2, -0.15) is 0 Å². The molecule has 2 aromatic rings. The summed E-state index contributed by atoms with van der Waals surface area (Å²) in [5.41, 5.74) is -0.399. The summed E-state index contributed by atoms with van der Waals surface area (Å²) in [7, 11) is 0. The fourth-order valence-electron chi connectivity index (χ4n) is 1.94. The van der Waals surface area contributed by atoms with E-state index in [1.165, 1.54) is 0 Å². The highest BCUT2D eigenvalue weighted by Crippen LogP contribution is 2.29. The van der Waals surface area contributed by atoms with Gasteiger partial charge in [0.15, 0.2) is 0 Å². The van der Waals surface area contributed by atoms with Gasteiger partial charge in [-0.05, 0) is 29.8 Å². The molecule has 0 atom stereocenters. The average molecular weight is 332 g/mol. The Morgan fingerprint density at radius 2 is 1.65 bits per heavy atom. The van der Waals surface area contributed by atoms with E-state index >= 15 is 0 Å². The van der Waals surface area contributed by atoms with Crippen molar-refractivity contribution in [3.8, 4) is 16.9 Å². The van der Waals surface area contributed by atoms with Crippen LogP contribution in [0.15, 0.2) is 36.4 Å². The third-order valence-corrected chi connectivity index (χ3v) is 2.88. The Kier molecular flexibility index (Phi) is 4.53. The molecular formula is C15H9F5O3. The summed E-state index contributed by atoms with van der Waals surface area (Å²) in [6.45, 7) is 0. The number of carboxylic acids is 1. The molecule has 0 amide bonds. The van der Waals surface area contributed by atoms with E-state index in [1.807, 2.05) is 0 Å². The summed E-state index contributed by atoms with van der Waals surface area (Å²) < 4.78 is 67.6. The molecule has 0 aliphatic carbocycles. The molecule has 0 saturated carbocycles. The number of hydrogen-bond donors (Lipinski definition) is 1. The molecule has 1 N–H and O–H groups in total. The van der Waals surface area contributed by atoms with Crippen LogP contribution in [-0.2, 0) is 11.2 Å². The normalized spacial score (nSPS) is 11.3. The van der Waals surface area contributed by atoms with E-state index in [2.05, 4.69) is 4.74 Å². The molecule has 0 spiro atoms. The van der Waals surface area contributed by atoms with Crippen molar-refractivity contribution in [2.45, 2.75) is 12.8 Å². The summed E-state index contributed by atoms with van der Waals surface area (Å²) in [5, 5.41) is 8.60. The lowest BCUT2D eigenvalue weighted by Crippen LogP contribution is -2.16. The summed E-state index contributed by atoms with van der Waals surface area (Å²) in [5.74, 6) is -3.61. The number of carboxylic acid groups (broad SMARTS) is 1. The van der Waals surface area contributed by atoms with Gasteiger partial charge in [-0.25, -0.2) is 8.78 Å². The van der Waals surface area contributed by atoms with Crippen molar-refractivity contribution >= 4 is 5.97 Å². The van der Waals surface area contributed by atoms with Crippen molar-refractivity contribution in [3.63, 3.8) is 0 Å². The zero-order valence-electron chi connectivity index (χ0n) is 11.3. The van der Waals surface area contributed by atoms with Crippen LogP contribution < -0.4 is 4.74 Å². The summed E-state index contributed by atoms with van der Waals surface area (Å²) in [6.07, 6.45) is -5.53. The zero-order valence-corrected chi connectivity index (χ0v) is 11.3. The molecule has 3 nitrogen and oxygen atoms in total. The lowest BCUT2D eigenvalue weighted by atomic mass is 10.0. The molecule has 122 valence electrons. The third kappa shape index (κ3) is 4.41. The molecule has 0 aromatic heterocycles. The number of hydrogen-bond acceptors (Lipinski definition) is 2. The van der Waals surface area contributed by atoms with Gasteiger partial charge in [0.05, 0.1) is 6.42 Å². The molecule has 0 bridgehead atoms. The molecule has 0 aliphatic heterocycles. The minimum atomic E-state index is -4.85. The highest BCUT2D eigenvalue weighted by Gasteiger charge is 2.31. The van der Waals surface area contributed by atoms with Gasteiger partial charge in [-0.15, -0.1) is 13.2 Å². The molecular weight excluding hydrogens is 323 g/mol. The molecule has 0 unspecified atom stereocenters. The number of carbonyl (C=O) groups is 1. The highest BCUT2D eigenvalue weighted by atomic mass is 19.4. The van der Waals surface area contributed by atoms with E-state index < -0.39 is 36.1 Å². The topological polar surface area (TPSA) is 46.5 Å². The molecule has 2 rings (SSSR count). The quantitative estimate of drug-likeness (QED) is 0.855. The van der Waals surface area contributed by atoms with E-state index in [9.17, 15) is 26.7 Å². The van der Waals surface area contributed by atoms with Crippen LogP contribution in [0.3, 0.4) is 0 Å². The van der Waals surface area contributed by atoms with E-state index in [-0.39, 0.29) is 16.7 Å². The van der Waals surface area contributed by atoms with E-state index in [4.69, 9.17) is 5.11 Å². The molecule has 0 heterocycles. The predicted octanol–water partition coefficient (Wildman–Crippen LogP) is 4.16. The van der Waals surface area contributed by atoms with E-state index in [1.54, 1.807) is 0 Å². The smallest absolute Gasteiger partial charge is 0.481 e. The average Bonchev–Trinajstić information content (AvgIpc) is 2.41. The SMILES string of the molecule is O=C(O)Cc1cc(F)c(-c2ccc(OC(F)(F)F)cc2)cc1F. The second-order valence-electron chi connectivity index (χ2n) is 4.57. The van der Waals surface area contributed by atoms with Crippen LogP contribution in [0.25, 0.3) is 11.1 Å². The van der Waals surface area contributed by atoms with Gasteiger partial charge >= 0.3 is 12.3 Å². The van der Waals surface area contributed by atoms with Gasteiger partial charge < -0.3 is 9.84 Å². The van der Waals surface area contributed by atoms with Crippen LogP contribution in [0.2, 0.25) is 0 Å². The van der Waals surface area contributed by atoms with Crippen molar-refractivity contribution in [2.75, 3.05) is 0 Å². The Morgan fingerprint density at radius 1 is 1.04 bits per heavy atom. The number of aliphatic carboxylic acids is 1. The molecule has 0 saturated heterocycles. The van der Waals surface area contributed by atoms with E-state index in [0.717, 1.165) is 36.4 Å². The summed E-state index contributed by atoms with van der Waals surface area (Å²) in [4.78, 5) is 10.5. The first kappa shape index (κ1) is 16.7. The van der Waals surface area contributed by atoms with Crippen LogP contribution in [-0.4, -0.2) is 17.4 Å². The number of halogens is 5. The van der Waals surface area contributed by atoms with Gasteiger partial charge in [0.2, 0.25) is 0 Å². The Hall–Kier alpha value is -2.64. The maximum atomic E-state index is 14.0. The molecule has 23 heavy (non-hydrogen) atoms. The second kappa shape index (κ2) is 6.23. The molecule has 8 heteroatoms. The van der Waals surface area contributed by atoms with Crippen LogP contribution in [0.1, 0.15) is 5.56 Å². The number of benzene rings is 2. The van der Waals surface area contributed by atoms with Crippen molar-refractivity contribution < 1.29 is 36.6 Å². The van der Waals surface area contributed by atoms with Gasteiger partial charge in [0.1, 0.15) is 17.4 Å². The van der Waals surface area contributed by atoms with Crippen molar-refractivity contribution in [2.24, 2.45) is 0 Å². The Bertz CT molecular complexity index is 723. The third-order valence-electron chi connectivity index (χ3n) is 2.88. The fourth-order valence-corrected chi connectivity index (χ4v) is 1.94. The van der Waals surface area contributed by atoms with Crippen molar-refractivity contribution in [3.05, 3.63) is 53.6 Å². The van der Waals surface area contributed by atoms with Gasteiger partial charge in [0.25, 0.3) is 0 Å². The minimum absolute atomic E-state index is 0.123. The molecule has 0 radical (unpaired) electrons. The zero-order chi connectivity index (χ0) is 17.2. The van der Waals surface area contributed by atoms with Crippen molar-refractivity contribution in [1.29, 1.82) is 0 Å². The summed E-state index contributed by atoms with van der Waals surface area (Å²) >= 11 is 0. The number of ether oxygens (including phenoxy) is 1. The standard InChI is InChI=1S/C15H9F5O3/c16-12-7-11(13(17)5-9(12)6-14(21)22)8-1-3-10(4-2-8)23-15(18,19)20/h1-5,7H,6H2,(H,21,22). The van der Waals surface area contributed by atoms with Crippen LogP contribution >= 0.6 is 0 Å². The first-order chi connectivity index (χ1) is 10.7. The predicted molar refractivity (Wildman–Crippen MR) is 69.8 cm³/mol. The molecule has 2 aromatic carbocycles.